The van der Waals surface area contributed by atoms with Crippen molar-refractivity contribution in [3.8, 4) is 0 Å². The van der Waals surface area contributed by atoms with E-state index in [4.69, 9.17) is 0 Å². The zero-order chi connectivity index (χ0) is 10.8. The fraction of sp³-hybridized carbons (Fsp3) is 0.846. The lowest BCUT2D eigenvalue weighted by molar-refractivity contribution is 0.218. The van der Waals surface area contributed by atoms with Crippen LogP contribution >= 0.6 is 0 Å². The van der Waals surface area contributed by atoms with Gasteiger partial charge >= 0.3 is 0 Å². The molecular weight excluding hydrogens is 170 g/mol. The van der Waals surface area contributed by atoms with E-state index in [0.717, 1.165) is 5.92 Å². The quantitative estimate of drug-likeness (QED) is 0.612. The van der Waals surface area contributed by atoms with Crippen LogP contribution in [0, 0.1) is 17.3 Å². The van der Waals surface area contributed by atoms with E-state index in [1.165, 1.54) is 25.9 Å². The van der Waals surface area contributed by atoms with Crippen molar-refractivity contribution in [1.82, 2.24) is 4.90 Å². The monoisotopic (exact) mass is 195 g/mol. The summed E-state index contributed by atoms with van der Waals surface area (Å²) < 4.78 is 0. The van der Waals surface area contributed by atoms with Crippen molar-refractivity contribution < 1.29 is 0 Å². The molecule has 82 valence electrons. The topological polar surface area (TPSA) is 3.24 Å². The number of hydrogen-bond acceptors (Lipinski definition) is 1. The first-order chi connectivity index (χ1) is 6.48. The first-order valence-electron chi connectivity index (χ1n) is 5.79. The van der Waals surface area contributed by atoms with E-state index in [9.17, 15) is 0 Å². The van der Waals surface area contributed by atoms with Crippen LogP contribution in [0.15, 0.2) is 12.7 Å². The van der Waals surface area contributed by atoms with Crippen molar-refractivity contribution in [2.45, 2.75) is 33.6 Å². The van der Waals surface area contributed by atoms with Crippen LogP contribution in [0.2, 0.25) is 0 Å². The molecule has 1 aliphatic rings. The fourth-order valence-corrected chi connectivity index (χ4v) is 2.94. The SMILES string of the molecule is C=CC1CN(C)CC(C)(C)CC1CC. The second-order valence-corrected chi connectivity index (χ2v) is 5.63. The standard InChI is InChI=1S/C13H25N/c1-6-11-8-13(3,4)10-14(5)9-12(11)7-2/h7,11-12H,2,6,8-10H2,1,3-5H3. The van der Waals surface area contributed by atoms with Crippen LogP contribution in [-0.4, -0.2) is 25.0 Å². The minimum Gasteiger partial charge on any atom is -0.305 e. The van der Waals surface area contributed by atoms with Gasteiger partial charge in [0.25, 0.3) is 0 Å². The molecule has 1 heterocycles. The molecule has 0 aromatic carbocycles. The minimum atomic E-state index is 0.465. The first kappa shape index (κ1) is 11.8. The normalized spacial score (nSPS) is 33.7. The average Bonchev–Trinajstić information content (AvgIpc) is 2.20. The fourth-order valence-electron chi connectivity index (χ4n) is 2.94. The summed E-state index contributed by atoms with van der Waals surface area (Å²) in [5.41, 5.74) is 0.465. The van der Waals surface area contributed by atoms with Gasteiger partial charge in [-0.15, -0.1) is 6.58 Å². The van der Waals surface area contributed by atoms with Gasteiger partial charge in [-0.2, -0.15) is 0 Å². The van der Waals surface area contributed by atoms with Gasteiger partial charge in [0.05, 0.1) is 0 Å². The van der Waals surface area contributed by atoms with Gasteiger partial charge < -0.3 is 4.90 Å². The zero-order valence-corrected chi connectivity index (χ0v) is 10.2. The zero-order valence-electron chi connectivity index (χ0n) is 10.2. The third-order valence-corrected chi connectivity index (χ3v) is 3.47. The molecule has 2 atom stereocenters. The van der Waals surface area contributed by atoms with Crippen molar-refractivity contribution in [3.05, 3.63) is 12.7 Å². The van der Waals surface area contributed by atoms with Gasteiger partial charge in [0.2, 0.25) is 0 Å². The smallest absolute Gasteiger partial charge is 0.00441 e. The maximum atomic E-state index is 3.98. The summed E-state index contributed by atoms with van der Waals surface area (Å²) in [6.07, 6.45) is 4.78. The van der Waals surface area contributed by atoms with Gasteiger partial charge in [0.15, 0.2) is 0 Å². The second kappa shape index (κ2) is 4.48. The number of likely N-dealkylation sites (tertiary alicyclic amines) is 1. The van der Waals surface area contributed by atoms with Gasteiger partial charge in [-0.25, -0.2) is 0 Å². The molecule has 1 rings (SSSR count). The number of rotatable bonds is 2. The first-order valence-corrected chi connectivity index (χ1v) is 5.79. The van der Waals surface area contributed by atoms with Crippen molar-refractivity contribution in [2.24, 2.45) is 17.3 Å². The Morgan fingerprint density at radius 2 is 2.14 bits per heavy atom. The van der Waals surface area contributed by atoms with Crippen molar-refractivity contribution >= 4 is 0 Å². The lowest BCUT2D eigenvalue weighted by atomic mass is 9.78. The Morgan fingerprint density at radius 3 is 2.64 bits per heavy atom. The molecule has 0 amide bonds. The Morgan fingerprint density at radius 1 is 1.50 bits per heavy atom. The Balaban J connectivity index is 2.78. The van der Waals surface area contributed by atoms with E-state index in [-0.39, 0.29) is 0 Å². The molecule has 0 saturated carbocycles. The predicted molar refractivity (Wildman–Crippen MR) is 63.4 cm³/mol. The molecule has 1 heteroatoms. The molecule has 0 aliphatic carbocycles. The molecule has 0 spiro atoms. The summed E-state index contributed by atoms with van der Waals surface area (Å²) in [5.74, 6) is 1.51. The Kier molecular flexibility index (Phi) is 3.77. The summed E-state index contributed by atoms with van der Waals surface area (Å²) in [6.45, 7) is 13.5. The van der Waals surface area contributed by atoms with E-state index in [0.29, 0.717) is 11.3 Å². The summed E-state index contributed by atoms with van der Waals surface area (Å²) in [4.78, 5) is 2.46. The van der Waals surface area contributed by atoms with E-state index < -0.39 is 0 Å². The number of hydrogen-bond donors (Lipinski definition) is 0. The van der Waals surface area contributed by atoms with Crippen LogP contribution in [0.1, 0.15) is 33.6 Å². The van der Waals surface area contributed by atoms with Crippen LogP contribution in [-0.2, 0) is 0 Å². The van der Waals surface area contributed by atoms with Crippen LogP contribution < -0.4 is 0 Å². The summed E-state index contributed by atoms with van der Waals surface area (Å²) in [7, 11) is 2.23. The highest BCUT2D eigenvalue weighted by atomic mass is 15.1. The maximum absolute atomic E-state index is 3.98. The molecule has 1 nitrogen and oxygen atoms in total. The Bertz CT molecular complexity index is 195. The highest BCUT2D eigenvalue weighted by Gasteiger charge is 2.32. The second-order valence-electron chi connectivity index (χ2n) is 5.63. The third-order valence-electron chi connectivity index (χ3n) is 3.47. The predicted octanol–water partition coefficient (Wildman–Crippen LogP) is 3.18. The Hall–Kier alpha value is -0.300. The van der Waals surface area contributed by atoms with Gasteiger partial charge in [0, 0.05) is 13.1 Å². The lowest BCUT2D eigenvalue weighted by Gasteiger charge is -2.28. The van der Waals surface area contributed by atoms with E-state index in [1.54, 1.807) is 0 Å². The van der Waals surface area contributed by atoms with Crippen molar-refractivity contribution in [1.29, 1.82) is 0 Å². The molecule has 0 aromatic heterocycles. The van der Waals surface area contributed by atoms with E-state index >= 15 is 0 Å². The van der Waals surface area contributed by atoms with Crippen LogP contribution in [0.5, 0.6) is 0 Å². The third kappa shape index (κ3) is 2.84. The van der Waals surface area contributed by atoms with Gasteiger partial charge in [-0.1, -0.05) is 33.3 Å². The molecule has 14 heavy (non-hydrogen) atoms. The van der Waals surface area contributed by atoms with E-state index in [2.05, 4.69) is 45.4 Å². The molecule has 1 fully saturated rings. The molecule has 1 aliphatic heterocycles. The van der Waals surface area contributed by atoms with Crippen LogP contribution in [0.3, 0.4) is 0 Å². The summed E-state index contributed by atoms with van der Waals surface area (Å²) in [5, 5.41) is 0. The molecule has 0 N–H and O–H groups in total. The molecule has 0 bridgehead atoms. The minimum absolute atomic E-state index is 0.465. The molecule has 1 saturated heterocycles. The lowest BCUT2D eigenvalue weighted by Crippen LogP contribution is -2.30. The maximum Gasteiger partial charge on any atom is 0.00441 e. The van der Waals surface area contributed by atoms with Crippen molar-refractivity contribution in [2.75, 3.05) is 20.1 Å². The molecule has 0 radical (unpaired) electrons. The van der Waals surface area contributed by atoms with Crippen molar-refractivity contribution in [3.63, 3.8) is 0 Å². The highest BCUT2D eigenvalue weighted by molar-refractivity contribution is 4.92. The average molecular weight is 195 g/mol. The van der Waals surface area contributed by atoms with Gasteiger partial charge in [-0.3, -0.25) is 0 Å². The highest BCUT2D eigenvalue weighted by Crippen LogP contribution is 2.36. The largest absolute Gasteiger partial charge is 0.305 e. The molecular formula is C13H25N. The van der Waals surface area contributed by atoms with Crippen LogP contribution in [0.25, 0.3) is 0 Å². The summed E-state index contributed by atoms with van der Waals surface area (Å²) >= 11 is 0. The number of nitrogens with zero attached hydrogens (tertiary/aromatic N) is 1. The van der Waals surface area contributed by atoms with Gasteiger partial charge in [-0.05, 0) is 30.7 Å². The van der Waals surface area contributed by atoms with Crippen LogP contribution in [0.4, 0.5) is 0 Å². The van der Waals surface area contributed by atoms with E-state index in [1.807, 2.05) is 0 Å². The molecule has 2 unspecified atom stereocenters. The Labute approximate surface area is 89.2 Å². The summed E-state index contributed by atoms with van der Waals surface area (Å²) in [6, 6.07) is 0. The molecule has 0 aromatic rings. The van der Waals surface area contributed by atoms with Gasteiger partial charge in [0.1, 0.15) is 0 Å².